The van der Waals surface area contributed by atoms with Crippen LogP contribution in [0.4, 0.5) is 0 Å². The van der Waals surface area contributed by atoms with Crippen molar-refractivity contribution in [1.82, 2.24) is 0 Å². The second-order valence-corrected chi connectivity index (χ2v) is 10.5. The molecular formula is C28H36O11. The first-order valence-corrected chi connectivity index (χ1v) is 12.5. The number of aliphatic hydroxyl groups is 4. The number of benzene rings is 1. The van der Waals surface area contributed by atoms with Crippen LogP contribution in [0.5, 0.6) is 11.5 Å². The lowest BCUT2D eigenvalue weighted by molar-refractivity contribution is -0.306. The maximum atomic E-state index is 12.1. The monoisotopic (exact) mass is 548 g/mol. The van der Waals surface area contributed by atoms with Crippen molar-refractivity contribution in [3.05, 3.63) is 53.6 Å². The number of ether oxygens (including phenoxy) is 3. The zero-order chi connectivity index (χ0) is 29.1. The molecule has 6 N–H and O–H groups in total. The van der Waals surface area contributed by atoms with E-state index < -0.39 is 60.4 Å². The molecule has 7 atom stereocenters. The molecule has 39 heavy (non-hydrogen) atoms. The van der Waals surface area contributed by atoms with E-state index in [-0.39, 0.29) is 23.7 Å². The summed E-state index contributed by atoms with van der Waals surface area (Å²) in [5.41, 5.74) is -1.28. The normalized spacial score (nSPS) is 31.8. The van der Waals surface area contributed by atoms with Gasteiger partial charge in [0.2, 0.25) is 0 Å². The molecule has 1 heterocycles. The molecule has 3 rings (SSSR count). The Morgan fingerprint density at radius 3 is 2.49 bits per heavy atom. The first-order chi connectivity index (χ1) is 18.1. The van der Waals surface area contributed by atoms with Crippen LogP contribution in [0.3, 0.4) is 0 Å². The number of hydrogen-bond donors (Lipinski definition) is 6. The van der Waals surface area contributed by atoms with Gasteiger partial charge in [-0.15, -0.1) is 0 Å². The van der Waals surface area contributed by atoms with Gasteiger partial charge in [0.05, 0.1) is 6.10 Å². The highest BCUT2D eigenvalue weighted by atomic mass is 16.7. The third-order valence-electron chi connectivity index (χ3n) is 7.05. The fraction of sp³-hybridized carbons (Fsp3) is 0.500. The zero-order valence-electron chi connectivity index (χ0n) is 22.2. The molecule has 5 unspecified atom stereocenters. The van der Waals surface area contributed by atoms with E-state index in [1.807, 2.05) is 0 Å². The van der Waals surface area contributed by atoms with Crippen molar-refractivity contribution >= 4 is 17.8 Å². The summed E-state index contributed by atoms with van der Waals surface area (Å²) in [6.07, 6.45) is -1.16. The van der Waals surface area contributed by atoms with Crippen molar-refractivity contribution in [2.45, 2.75) is 76.5 Å². The summed E-state index contributed by atoms with van der Waals surface area (Å²) in [7, 11) is 0. The molecule has 0 bridgehead atoms. The Morgan fingerprint density at radius 2 is 1.85 bits per heavy atom. The third kappa shape index (κ3) is 6.93. The van der Waals surface area contributed by atoms with E-state index in [0.29, 0.717) is 11.1 Å². The zero-order valence-corrected chi connectivity index (χ0v) is 22.2. The molecule has 0 radical (unpaired) electrons. The van der Waals surface area contributed by atoms with Crippen LogP contribution in [-0.4, -0.2) is 91.4 Å². The van der Waals surface area contributed by atoms with Gasteiger partial charge >= 0.3 is 5.97 Å². The van der Waals surface area contributed by atoms with E-state index in [1.165, 1.54) is 36.4 Å². The molecule has 1 aliphatic carbocycles. The maximum Gasteiger partial charge on any atom is 0.330 e. The summed E-state index contributed by atoms with van der Waals surface area (Å²) in [6.45, 7) is 6.37. The van der Waals surface area contributed by atoms with Crippen LogP contribution in [-0.2, 0) is 23.8 Å². The van der Waals surface area contributed by atoms with E-state index in [0.717, 1.165) is 6.08 Å². The Kier molecular flexibility index (Phi) is 9.37. The summed E-state index contributed by atoms with van der Waals surface area (Å²) in [5, 5.41) is 61.2. The highest BCUT2D eigenvalue weighted by molar-refractivity contribution is 5.92. The molecule has 11 nitrogen and oxygen atoms in total. The number of rotatable bonds is 8. The minimum absolute atomic E-state index is 0.0759. The Morgan fingerprint density at radius 1 is 1.15 bits per heavy atom. The van der Waals surface area contributed by atoms with Crippen LogP contribution in [0, 0.1) is 5.41 Å². The predicted molar refractivity (Wildman–Crippen MR) is 138 cm³/mol. The smallest absolute Gasteiger partial charge is 0.330 e. The van der Waals surface area contributed by atoms with Crippen LogP contribution in [0.15, 0.2) is 48.1 Å². The average molecular weight is 549 g/mol. The quantitative estimate of drug-likeness (QED) is 0.118. The molecule has 1 aromatic carbocycles. The fourth-order valence-electron chi connectivity index (χ4n) is 4.58. The molecule has 1 aromatic rings. The van der Waals surface area contributed by atoms with Crippen LogP contribution in [0.2, 0.25) is 0 Å². The third-order valence-corrected chi connectivity index (χ3v) is 7.05. The van der Waals surface area contributed by atoms with Gasteiger partial charge in [0.1, 0.15) is 36.6 Å². The van der Waals surface area contributed by atoms with Crippen LogP contribution < -0.4 is 0 Å². The second kappa shape index (κ2) is 12.0. The molecular weight excluding hydrogens is 512 g/mol. The molecule has 1 saturated heterocycles. The summed E-state index contributed by atoms with van der Waals surface area (Å²) in [5.74, 6) is -1.55. The van der Waals surface area contributed by atoms with E-state index >= 15 is 0 Å². The lowest BCUT2D eigenvalue weighted by atomic mass is 9.64. The van der Waals surface area contributed by atoms with Crippen LogP contribution in [0.1, 0.15) is 39.7 Å². The first kappa shape index (κ1) is 30.5. The number of carbonyl (C=O) groups is 2. The largest absolute Gasteiger partial charge is 0.504 e. The Hall–Kier alpha value is -3.06. The van der Waals surface area contributed by atoms with Gasteiger partial charge in [0.25, 0.3) is 0 Å². The van der Waals surface area contributed by atoms with Crippen molar-refractivity contribution in [3.8, 4) is 11.5 Å². The van der Waals surface area contributed by atoms with Gasteiger partial charge in [-0.1, -0.05) is 26.0 Å². The summed E-state index contributed by atoms with van der Waals surface area (Å²) < 4.78 is 16.4. The van der Waals surface area contributed by atoms with Gasteiger partial charge in [-0.05, 0) is 55.3 Å². The van der Waals surface area contributed by atoms with Crippen LogP contribution >= 0.6 is 0 Å². The van der Waals surface area contributed by atoms with Crippen molar-refractivity contribution < 1.29 is 54.4 Å². The number of hydrogen-bond acceptors (Lipinski definition) is 11. The molecule has 0 spiro atoms. The fourth-order valence-corrected chi connectivity index (χ4v) is 4.58. The summed E-state index contributed by atoms with van der Waals surface area (Å²) >= 11 is 0. The van der Waals surface area contributed by atoms with Crippen molar-refractivity contribution in [1.29, 1.82) is 0 Å². The number of carbonyl (C=O) groups excluding carboxylic acids is 2. The minimum Gasteiger partial charge on any atom is -0.504 e. The molecule has 11 heteroatoms. The van der Waals surface area contributed by atoms with Gasteiger partial charge in [-0.2, -0.15) is 0 Å². The van der Waals surface area contributed by atoms with Gasteiger partial charge < -0.3 is 44.8 Å². The van der Waals surface area contributed by atoms with Gasteiger partial charge in [-0.25, -0.2) is 4.79 Å². The SMILES string of the molecule is CC1=CC(=O)CC(C)(C)[C@@]1(O)/C=C/[C@@H](C)OC1OC(COC(=O)/C=C/c2ccc(O)c(O)c2)C(O)C(O)C1O. The van der Waals surface area contributed by atoms with E-state index in [1.54, 1.807) is 33.8 Å². The average Bonchev–Trinajstić information content (AvgIpc) is 2.86. The first-order valence-electron chi connectivity index (χ1n) is 12.5. The Bertz CT molecular complexity index is 1150. The molecule has 1 aliphatic heterocycles. The maximum absolute atomic E-state index is 12.1. The topological polar surface area (TPSA) is 183 Å². The van der Waals surface area contributed by atoms with Gasteiger partial charge in [-0.3, -0.25) is 4.79 Å². The summed E-state index contributed by atoms with van der Waals surface area (Å²) in [4.78, 5) is 24.1. The molecule has 2 aliphatic rings. The van der Waals surface area contributed by atoms with Crippen molar-refractivity contribution in [2.75, 3.05) is 6.61 Å². The number of aromatic hydroxyl groups is 2. The van der Waals surface area contributed by atoms with Gasteiger partial charge in [0.15, 0.2) is 23.6 Å². The van der Waals surface area contributed by atoms with Gasteiger partial charge in [0, 0.05) is 17.9 Å². The molecule has 1 fully saturated rings. The standard InChI is InChI=1S/C28H36O11/c1-15-11-18(29)13-27(3,4)28(15,36)10-9-16(2)38-26-25(35)24(34)23(33)21(39-26)14-37-22(32)8-6-17-5-7-19(30)20(31)12-17/h5-12,16,21,23-26,30-31,33-36H,13-14H2,1-4H3/b8-6+,10-9+/t16-,21?,23?,24?,25?,26?,28-/m1/s1. The molecule has 0 aromatic heterocycles. The highest BCUT2D eigenvalue weighted by Gasteiger charge is 2.47. The van der Waals surface area contributed by atoms with E-state index in [4.69, 9.17) is 14.2 Å². The molecule has 214 valence electrons. The van der Waals surface area contributed by atoms with E-state index in [2.05, 4.69) is 0 Å². The van der Waals surface area contributed by atoms with Crippen LogP contribution in [0.25, 0.3) is 6.08 Å². The lowest BCUT2D eigenvalue weighted by Gasteiger charge is -2.44. The highest BCUT2D eigenvalue weighted by Crippen LogP contribution is 2.44. The number of ketones is 1. The predicted octanol–water partition coefficient (Wildman–Crippen LogP) is 1.10. The molecule has 0 amide bonds. The lowest BCUT2D eigenvalue weighted by Crippen LogP contribution is -2.59. The summed E-state index contributed by atoms with van der Waals surface area (Å²) in [6, 6.07) is 3.96. The number of esters is 1. The second-order valence-electron chi connectivity index (χ2n) is 10.5. The minimum atomic E-state index is -1.66. The number of phenolic OH excluding ortho intramolecular Hbond substituents is 2. The number of allylic oxidation sites excluding steroid dienone is 1. The Labute approximate surface area is 226 Å². The van der Waals surface area contributed by atoms with Crippen molar-refractivity contribution in [3.63, 3.8) is 0 Å². The Balaban J connectivity index is 1.61. The molecule has 0 saturated carbocycles. The number of aliphatic hydroxyl groups excluding tert-OH is 3. The number of phenols is 2. The van der Waals surface area contributed by atoms with Crippen molar-refractivity contribution in [2.24, 2.45) is 5.41 Å². The van der Waals surface area contributed by atoms with E-state index in [9.17, 15) is 40.2 Å².